The largest absolute Gasteiger partial charge is 0.497 e. The van der Waals surface area contributed by atoms with Crippen LogP contribution in [0.1, 0.15) is 16.7 Å². The number of aliphatic imine (C=N–C) groups is 1. The molecule has 0 saturated heterocycles. The number of benzene rings is 2. The van der Waals surface area contributed by atoms with E-state index in [0.717, 1.165) is 17.8 Å². The summed E-state index contributed by atoms with van der Waals surface area (Å²) in [6.07, 6.45) is -4.04. The molecule has 6 nitrogen and oxygen atoms in total. The number of hydrogen-bond acceptors (Lipinski definition) is 5. The number of nitrogens with zero attached hydrogens (tertiary/aromatic N) is 3. The summed E-state index contributed by atoms with van der Waals surface area (Å²) in [4.78, 5) is 16.0. The molecular formula is C22H17F5N4O2S. The van der Waals surface area contributed by atoms with E-state index in [0.29, 0.717) is 16.5 Å². The number of aromatic nitrogens is 2. The summed E-state index contributed by atoms with van der Waals surface area (Å²) in [6.45, 7) is -0.716. The van der Waals surface area contributed by atoms with Crippen molar-refractivity contribution in [1.29, 1.82) is 0 Å². The number of alkyl halides is 5. The quantitative estimate of drug-likeness (QED) is 0.387. The van der Waals surface area contributed by atoms with Crippen molar-refractivity contribution >= 4 is 39.8 Å². The first-order valence-electron chi connectivity index (χ1n) is 9.88. The van der Waals surface area contributed by atoms with Gasteiger partial charge in [-0.1, -0.05) is 12.1 Å². The lowest BCUT2D eigenvalue weighted by atomic mass is 10.1. The lowest BCUT2D eigenvalue weighted by molar-refractivity contribution is -0.138. The Labute approximate surface area is 194 Å². The van der Waals surface area contributed by atoms with Crippen LogP contribution in [-0.4, -0.2) is 40.9 Å². The van der Waals surface area contributed by atoms with Gasteiger partial charge in [-0.2, -0.15) is 23.3 Å². The number of methoxy groups -OCH3 is 1. The molecule has 1 aromatic heterocycles. The summed E-state index contributed by atoms with van der Waals surface area (Å²) in [5.41, 5.74) is 0.476. The zero-order valence-electron chi connectivity index (χ0n) is 17.6. The van der Waals surface area contributed by atoms with E-state index >= 15 is 0 Å². The zero-order valence-corrected chi connectivity index (χ0v) is 18.4. The molecular weight excluding hydrogens is 479 g/mol. The Bertz CT molecular complexity index is 1300. The predicted octanol–water partition coefficient (Wildman–Crippen LogP) is 4.94. The van der Waals surface area contributed by atoms with Gasteiger partial charge in [-0.3, -0.25) is 9.48 Å². The fourth-order valence-electron chi connectivity index (χ4n) is 3.37. The number of ether oxygens (including phenoxy) is 1. The van der Waals surface area contributed by atoms with Crippen LogP contribution >= 0.6 is 11.8 Å². The number of fused-ring (bicyclic) bond motifs is 1. The van der Waals surface area contributed by atoms with E-state index in [1.165, 1.54) is 30.1 Å². The molecule has 0 fully saturated rings. The average molecular weight is 496 g/mol. The highest BCUT2D eigenvalue weighted by atomic mass is 32.2. The number of hydrogen-bond donors (Lipinski definition) is 1. The van der Waals surface area contributed by atoms with E-state index in [-0.39, 0.29) is 27.9 Å². The third kappa shape index (κ3) is 5.22. The monoisotopic (exact) mass is 496 g/mol. The standard InChI is InChI=1S/C22H17F5N4O2S/c1-33-15-4-3-13(16(8-15)22(25,26)27)11-31-17-5-2-12(6-14(17)9-29-31)7-18-20(32)30-21(34-18)28-10-19(23)24/h2-9,19H,10-11H2,1H3,(H,28,30,32)/b18-7-. The van der Waals surface area contributed by atoms with E-state index in [9.17, 15) is 26.7 Å². The third-order valence-corrected chi connectivity index (χ3v) is 5.88. The summed E-state index contributed by atoms with van der Waals surface area (Å²) >= 11 is 0.954. The van der Waals surface area contributed by atoms with Crippen molar-refractivity contribution in [3.05, 3.63) is 64.2 Å². The smallest absolute Gasteiger partial charge is 0.416 e. The first-order chi connectivity index (χ1) is 16.1. The number of carbonyl (C=O) groups is 1. The van der Waals surface area contributed by atoms with Gasteiger partial charge in [-0.15, -0.1) is 0 Å². The summed E-state index contributed by atoms with van der Waals surface area (Å²) in [6, 6.07) is 8.87. The Morgan fingerprint density at radius 3 is 2.71 bits per heavy atom. The predicted molar refractivity (Wildman–Crippen MR) is 119 cm³/mol. The molecule has 1 aliphatic rings. The van der Waals surface area contributed by atoms with Crippen LogP contribution in [0.5, 0.6) is 5.75 Å². The minimum absolute atomic E-state index is 0.0402. The first kappa shape index (κ1) is 23.7. The van der Waals surface area contributed by atoms with Crippen molar-refractivity contribution in [2.45, 2.75) is 19.1 Å². The number of carbonyl (C=O) groups excluding carboxylic acids is 1. The van der Waals surface area contributed by atoms with E-state index in [2.05, 4.69) is 15.4 Å². The minimum atomic E-state index is -4.55. The summed E-state index contributed by atoms with van der Waals surface area (Å²) in [7, 11) is 1.30. The highest BCUT2D eigenvalue weighted by Gasteiger charge is 2.34. The van der Waals surface area contributed by atoms with Gasteiger partial charge in [0.2, 0.25) is 0 Å². The van der Waals surface area contributed by atoms with Crippen LogP contribution in [0, 0.1) is 0 Å². The molecule has 0 radical (unpaired) electrons. The molecule has 3 aromatic rings. The summed E-state index contributed by atoms with van der Waals surface area (Å²) < 4.78 is 71.6. The SMILES string of the molecule is COc1ccc(Cn2ncc3cc(/C=C4\SC(NCC(F)F)=NC4=O)ccc32)c(C(F)(F)F)c1. The first-order valence-corrected chi connectivity index (χ1v) is 10.7. The Morgan fingerprint density at radius 1 is 1.21 bits per heavy atom. The number of halogens is 5. The van der Waals surface area contributed by atoms with Crippen molar-refractivity contribution in [3.8, 4) is 5.75 Å². The number of nitrogens with one attached hydrogen (secondary N) is 1. The van der Waals surface area contributed by atoms with Crippen molar-refractivity contribution < 1.29 is 31.5 Å². The van der Waals surface area contributed by atoms with Gasteiger partial charge >= 0.3 is 6.18 Å². The third-order valence-electron chi connectivity index (χ3n) is 4.93. The Morgan fingerprint density at radius 2 is 2.00 bits per heavy atom. The molecule has 4 rings (SSSR count). The Balaban J connectivity index is 1.56. The van der Waals surface area contributed by atoms with Gasteiger partial charge < -0.3 is 10.1 Å². The lowest BCUT2D eigenvalue weighted by Crippen LogP contribution is -2.25. The van der Waals surface area contributed by atoms with Crippen LogP contribution in [0.15, 0.2) is 52.5 Å². The molecule has 0 atom stereocenters. The van der Waals surface area contributed by atoms with Crippen LogP contribution in [0.25, 0.3) is 17.0 Å². The normalized spacial score (nSPS) is 15.4. The van der Waals surface area contributed by atoms with Crippen LogP contribution < -0.4 is 10.1 Å². The van der Waals surface area contributed by atoms with Crippen LogP contribution in [0.3, 0.4) is 0 Å². The fraction of sp³-hybridized carbons (Fsp3) is 0.227. The van der Waals surface area contributed by atoms with Gasteiger partial charge in [0.1, 0.15) is 5.75 Å². The lowest BCUT2D eigenvalue weighted by Gasteiger charge is -2.14. The average Bonchev–Trinajstić information content (AvgIpc) is 3.34. The molecule has 2 heterocycles. The van der Waals surface area contributed by atoms with Gasteiger partial charge in [-0.25, -0.2) is 8.78 Å². The van der Waals surface area contributed by atoms with E-state index in [1.54, 1.807) is 24.3 Å². The van der Waals surface area contributed by atoms with Crippen molar-refractivity contribution in [2.75, 3.05) is 13.7 Å². The molecule has 34 heavy (non-hydrogen) atoms. The molecule has 12 heteroatoms. The molecule has 178 valence electrons. The van der Waals surface area contributed by atoms with Gasteiger partial charge in [0.15, 0.2) is 5.17 Å². The summed E-state index contributed by atoms with van der Waals surface area (Å²) in [5.74, 6) is -0.438. The Hall–Kier alpha value is -3.41. The molecule has 0 saturated carbocycles. The molecule has 1 amide bonds. The van der Waals surface area contributed by atoms with Gasteiger partial charge in [-0.05, 0) is 53.2 Å². The molecule has 1 aliphatic heterocycles. The summed E-state index contributed by atoms with van der Waals surface area (Å²) in [5, 5.41) is 7.38. The van der Waals surface area contributed by atoms with Crippen LogP contribution in [0.4, 0.5) is 22.0 Å². The van der Waals surface area contributed by atoms with Gasteiger partial charge in [0.05, 0.1) is 42.4 Å². The van der Waals surface area contributed by atoms with E-state index < -0.39 is 30.6 Å². The highest BCUT2D eigenvalue weighted by molar-refractivity contribution is 8.18. The van der Waals surface area contributed by atoms with Gasteiger partial charge in [0, 0.05) is 5.39 Å². The second-order valence-electron chi connectivity index (χ2n) is 7.25. The molecule has 1 N–H and O–H groups in total. The fourth-order valence-corrected chi connectivity index (χ4v) is 4.19. The molecule has 0 spiro atoms. The molecule has 0 bridgehead atoms. The van der Waals surface area contributed by atoms with E-state index in [4.69, 9.17) is 4.74 Å². The maximum atomic E-state index is 13.5. The number of thioether (sulfide) groups is 1. The number of amides is 1. The molecule has 0 unspecified atom stereocenters. The molecule has 0 aliphatic carbocycles. The zero-order chi connectivity index (χ0) is 24.5. The van der Waals surface area contributed by atoms with Gasteiger partial charge in [0.25, 0.3) is 12.3 Å². The topological polar surface area (TPSA) is 68.5 Å². The highest BCUT2D eigenvalue weighted by Crippen LogP contribution is 2.35. The van der Waals surface area contributed by atoms with E-state index in [1.807, 2.05) is 0 Å². The molecule has 2 aromatic carbocycles. The van der Waals surface area contributed by atoms with Crippen molar-refractivity contribution in [2.24, 2.45) is 4.99 Å². The second-order valence-corrected chi connectivity index (χ2v) is 8.28. The minimum Gasteiger partial charge on any atom is -0.497 e. The maximum absolute atomic E-state index is 13.5. The number of amidine groups is 1. The van der Waals surface area contributed by atoms with Crippen LogP contribution in [0.2, 0.25) is 0 Å². The number of rotatable bonds is 6. The van der Waals surface area contributed by atoms with Crippen LogP contribution in [-0.2, 0) is 17.5 Å². The van der Waals surface area contributed by atoms with Crippen molar-refractivity contribution in [3.63, 3.8) is 0 Å². The van der Waals surface area contributed by atoms with Crippen molar-refractivity contribution in [1.82, 2.24) is 15.1 Å². The second kappa shape index (κ2) is 9.45. The Kier molecular flexibility index (Phi) is 6.60. The maximum Gasteiger partial charge on any atom is 0.416 e.